The summed E-state index contributed by atoms with van der Waals surface area (Å²) in [5, 5.41) is 0. The molecule has 4 heteroatoms. The van der Waals surface area contributed by atoms with Gasteiger partial charge in [-0.2, -0.15) is 0 Å². The Morgan fingerprint density at radius 2 is 0.947 bits per heavy atom. The minimum Gasteiger partial charge on any atom is -0.330 e. The van der Waals surface area contributed by atoms with E-state index in [0.29, 0.717) is 0 Å². The second-order valence-corrected chi connectivity index (χ2v) is 17.1. The summed E-state index contributed by atoms with van der Waals surface area (Å²) in [5.74, 6) is 0. The molecule has 2 atom stereocenters. The summed E-state index contributed by atoms with van der Waals surface area (Å²) in [6, 6.07) is 20.7. The minimum absolute atomic E-state index is 0.00760. The van der Waals surface area contributed by atoms with E-state index in [4.69, 9.17) is 0 Å². The summed E-state index contributed by atoms with van der Waals surface area (Å²) in [6.45, 7) is 19.0. The van der Waals surface area contributed by atoms with Crippen LogP contribution in [0, 0.1) is 10.8 Å². The van der Waals surface area contributed by atoms with E-state index < -0.39 is 0 Å². The molecular weight excluding hydrogens is 493 g/mol. The summed E-state index contributed by atoms with van der Waals surface area (Å²) in [6.07, 6.45) is 10.4. The third-order valence-electron chi connectivity index (χ3n) is 8.85. The van der Waals surface area contributed by atoms with Gasteiger partial charge in [-0.25, -0.2) is 0 Å². The number of nitrogens with one attached hydrogen (secondary N) is 2. The van der Waals surface area contributed by atoms with Crippen LogP contribution in [0.5, 0.6) is 0 Å². The predicted molar refractivity (Wildman–Crippen MR) is 174 cm³/mol. The standard InChI is InChI=1S/C34H52N2Si2/c1-31(2,3)29-23-25-17-11-13-19-27(25)33(29,7)35-37-21-15-9-10-16-22-38-36-34(8)28-20-14-12-18-26(28)24-30(34)32(4,5)6/h11-14,17-20,23-24,35-36H,9-10,15-16,21-22,37-38H2,1-8H3. The first-order valence-electron chi connectivity index (χ1n) is 15.0. The highest BCUT2D eigenvalue weighted by molar-refractivity contribution is 6.33. The third-order valence-corrected chi connectivity index (χ3v) is 12.5. The number of benzene rings is 2. The van der Waals surface area contributed by atoms with E-state index in [-0.39, 0.29) is 41.3 Å². The van der Waals surface area contributed by atoms with Gasteiger partial charge in [-0.3, -0.25) is 0 Å². The Labute approximate surface area is 238 Å². The number of rotatable bonds is 11. The van der Waals surface area contributed by atoms with Gasteiger partial charge in [0.2, 0.25) is 0 Å². The maximum atomic E-state index is 4.10. The molecular formula is C34H52N2Si2. The van der Waals surface area contributed by atoms with E-state index in [2.05, 4.69) is 126 Å². The molecule has 0 saturated heterocycles. The second-order valence-electron chi connectivity index (χ2n) is 14.0. The fourth-order valence-corrected chi connectivity index (χ4v) is 10.3. The molecule has 206 valence electrons. The van der Waals surface area contributed by atoms with Gasteiger partial charge < -0.3 is 9.96 Å². The van der Waals surface area contributed by atoms with Crippen molar-refractivity contribution in [1.82, 2.24) is 9.96 Å². The SMILES string of the molecule is CC(C)(C)C1=Cc2ccccc2C1(C)N[SiH2]CCCCCC[SiH2]NC1(C)C(C(C)(C)C)=Cc2ccccc21. The third kappa shape index (κ3) is 6.04. The van der Waals surface area contributed by atoms with Crippen molar-refractivity contribution in [3.63, 3.8) is 0 Å². The van der Waals surface area contributed by atoms with Crippen LogP contribution in [0.15, 0.2) is 59.7 Å². The van der Waals surface area contributed by atoms with Gasteiger partial charge in [-0.15, -0.1) is 0 Å². The van der Waals surface area contributed by atoms with Crippen molar-refractivity contribution in [3.05, 3.63) is 81.9 Å². The van der Waals surface area contributed by atoms with E-state index in [1.54, 1.807) is 11.1 Å². The van der Waals surface area contributed by atoms with Gasteiger partial charge >= 0.3 is 0 Å². The van der Waals surface area contributed by atoms with Crippen molar-refractivity contribution in [1.29, 1.82) is 0 Å². The number of unbranched alkanes of at least 4 members (excludes halogenated alkanes) is 3. The first-order chi connectivity index (χ1) is 17.9. The van der Waals surface area contributed by atoms with Crippen molar-refractivity contribution in [3.8, 4) is 0 Å². The van der Waals surface area contributed by atoms with Crippen LogP contribution in [0.3, 0.4) is 0 Å². The monoisotopic (exact) mass is 544 g/mol. The van der Waals surface area contributed by atoms with Gasteiger partial charge in [0.25, 0.3) is 0 Å². The summed E-state index contributed by atoms with van der Waals surface area (Å²) in [7, 11) is -0.628. The normalized spacial score (nSPS) is 23.4. The Morgan fingerprint density at radius 1 is 0.579 bits per heavy atom. The zero-order valence-electron chi connectivity index (χ0n) is 25.4. The fraction of sp³-hybridized carbons (Fsp3) is 0.529. The molecule has 0 radical (unpaired) electrons. The fourth-order valence-electron chi connectivity index (χ4n) is 6.99. The second kappa shape index (κ2) is 11.4. The van der Waals surface area contributed by atoms with Gasteiger partial charge in [-0.05, 0) is 70.2 Å². The Kier molecular flexibility index (Phi) is 8.78. The molecule has 0 aromatic heterocycles. The van der Waals surface area contributed by atoms with Gasteiger partial charge in [0, 0.05) is 0 Å². The molecule has 0 spiro atoms. The minimum atomic E-state index is -0.314. The zero-order valence-corrected chi connectivity index (χ0v) is 28.3. The molecule has 38 heavy (non-hydrogen) atoms. The predicted octanol–water partition coefficient (Wildman–Crippen LogP) is 7.45. The van der Waals surface area contributed by atoms with Crippen LogP contribution in [-0.2, 0) is 11.1 Å². The van der Waals surface area contributed by atoms with Crippen molar-refractivity contribution in [2.75, 3.05) is 0 Å². The molecule has 2 nitrogen and oxygen atoms in total. The molecule has 4 rings (SSSR count). The summed E-state index contributed by atoms with van der Waals surface area (Å²) in [4.78, 5) is 8.21. The van der Waals surface area contributed by atoms with Crippen LogP contribution < -0.4 is 9.96 Å². The van der Waals surface area contributed by atoms with Crippen LogP contribution in [-0.4, -0.2) is 19.4 Å². The van der Waals surface area contributed by atoms with Crippen LogP contribution in [0.25, 0.3) is 12.2 Å². The molecule has 2 N–H and O–H groups in total. The molecule has 2 aliphatic rings. The summed E-state index contributed by atoms with van der Waals surface area (Å²) >= 11 is 0. The van der Waals surface area contributed by atoms with Gasteiger partial charge in [0.1, 0.15) is 0 Å². The lowest BCUT2D eigenvalue weighted by Crippen LogP contribution is -2.45. The maximum Gasteiger partial charge on any atom is 0.0929 e. The molecule has 0 saturated carbocycles. The number of hydrogen-bond donors (Lipinski definition) is 2. The van der Waals surface area contributed by atoms with Gasteiger partial charge in [-0.1, -0.05) is 128 Å². The van der Waals surface area contributed by atoms with Crippen molar-refractivity contribution < 1.29 is 0 Å². The molecule has 2 unspecified atom stereocenters. The van der Waals surface area contributed by atoms with E-state index in [1.165, 1.54) is 60.0 Å². The zero-order chi connectivity index (χ0) is 27.6. The maximum absolute atomic E-state index is 4.10. The average Bonchev–Trinajstić information content (AvgIpc) is 3.33. The highest BCUT2D eigenvalue weighted by atomic mass is 28.2. The first kappa shape index (κ1) is 29.3. The van der Waals surface area contributed by atoms with Crippen LogP contribution in [0.1, 0.15) is 103 Å². The van der Waals surface area contributed by atoms with Gasteiger partial charge in [0.05, 0.1) is 30.4 Å². The molecule has 0 bridgehead atoms. The number of hydrogen-bond acceptors (Lipinski definition) is 2. The van der Waals surface area contributed by atoms with Crippen LogP contribution in [0.4, 0.5) is 0 Å². The number of fused-ring (bicyclic) bond motifs is 2. The summed E-state index contributed by atoms with van der Waals surface area (Å²) in [5.41, 5.74) is 9.19. The highest BCUT2D eigenvalue weighted by Crippen LogP contribution is 2.48. The van der Waals surface area contributed by atoms with E-state index >= 15 is 0 Å². The van der Waals surface area contributed by atoms with Gasteiger partial charge in [0.15, 0.2) is 0 Å². The highest BCUT2D eigenvalue weighted by Gasteiger charge is 2.42. The topological polar surface area (TPSA) is 24.1 Å². The smallest absolute Gasteiger partial charge is 0.0929 e. The molecule has 0 aliphatic heterocycles. The van der Waals surface area contributed by atoms with Crippen molar-refractivity contribution in [2.45, 2.75) is 104 Å². The Balaban J connectivity index is 1.18. The largest absolute Gasteiger partial charge is 0.330 e. The summed E-state index contributed by atoms with van der Waals surface area (Å²) < 4.78 is 0. The molecule has 2 aromatic carbocycles. The van der Waals surface area contributed by atoms with Crippen LogP contribution >= 0.6 is 0 Å². The lowest BCUT2D eigenvalue weighted by molar-refractivity contribution is 0.391. The Morgan fingerprint density at radius 3 is 1.32 bits per heavy atom. The molecule has 2 aliphatic carbocycles. The molecule has 0 heterocycles. The average molecular weight is 545 g/mol. The molecule has 2 aromatic rings. The van der Waals surface area contributed by atoms with Crippen LogP contribution in [0.2, 0.25) is 12.1 Å². The van der Waals surface area contributed by atoms with E-state index in [9.17, 15) is 0 Å². The van der Waals surface area contributed by atoms with E-state index in [0.717, 1.165) is 0 Å². The van der Waals surface area contributed by atoms with Crippen molar-refractivity contribution >= 4 is 31.5 Å². The quantitative estimate of drug-likeness (QED) is 0.227. The Bertz CT molecular complexity index is 1090. The molecule has 0 fully saturated rings. The Hall–Kier alpha value is -1.73. The lowest BCUT2D eigenvalue weighted by atomic mass is 9.75. The van der Waals surface area contributed by atoms with Crippen molar-refractivity contribution in [2.24, 2.45) is 10.8 Å². The van der Waals surface area contributed by atoms with E-state index in [1.807, 2.05) is 0 Å². The first-order valence-corrected chi connectivity index (χ1v) is 18.4. The molecule has 0 amide bonds. The lowest BCUT2D eigenvalue weighted by Gasteiger charge is -2.38.